The second kappa shape index (κ2) is 6.61. The predicted molar refractivity (Wildman–Crippen MR) is 104 cm³/mol. The number of thiophene rings is 1. The Bertz CT molecular complexity index is 953. The molecule has 0 bridgehead atoms. The van der Waals surface area contributed by atoms with Crippen LogP contribution in [0.3, 0.4) is 0 Å². The van der Waals surface area contributed by atoms with Crippen molar-refractivity contribution in [3.05, 3.63) is 57.0 Å². The number of anilines is 1. The molecule has 0 spiro atoms. The molecule has 25 heavy (non-hydrogen) atoms. The number of rotatable bonds is 3. The molecule has 0 radical (unpaired) electrons. The van der Waals surface area contributed by atoms with Crippen LogP contribution in [0.15, 0.2) is 34.4 Å². The number of aryl methyl sites for hydroxylation is 1. The van der Waals surface area contributed by atoms with Crippen molar-refractivity contribution in [3.8, 4) is 0 Å². The lowest BCUT2D eigenvalue weighted by Gasteiger charge is -2.36. The molecule has 1 N–H and O–H groups in total. The Labute approximate surface area is 150 Å². The highest BCUT2D eigenvalue weighted by molar-refractivity contribution is 7.17. The average Bonchev–Trinajstić information content (AvgIpc) is 3.07. The van der Waals surface area contributed by atoms with Gasteiger partial charge in [-0.15, -0.1) is 11.3 Å². The van der Waals surface area contributed by atoms with Crippen molar-refractivity contribution in [1.82, 2.24) is 14.9 Å². The molecule has 3 heterocycles. The highest BCUT2D eigenvalue weighted by atomic mass is 32.1. The molecule has 0 aliphatic carbocycles. The fourth-order valence-electron chi connectivity index (χ4n) is 3.43. The third kappa shape index (κ3) is 3.19. The third-order valence-electron chi connectivity index (χ3n) is 5.03. The molecular weight excluding hydrogens is 332 g/mol. The van der Waals surface area contributed by atoms with Gasteiger partial charge in [-0.1, -0.05) is 12.1 Å². The van der Waals surface area contributed by atoms with Crippen LogP contribution in [0.5, 0.6) is 0 Å². The van der Waals surface area contributed by atoms with E-state index < -0.39 is 0 Å². The van der Waals surface area contributed by atoms with E-state index in [1.807, 2.05) is 11.4 Å². The van der Waals surface area contributed by atoms with Crippen LogP contribution in [0.1, 0.15) is 17.0 Å². The first-order chi connectivity index (χ1) is 12.1. The molecule has 1 aliphatic heterocycles. The van der Waals surface area contributed by atoms with Crippen molar-refractivity contribution in [2.24, 2.45) is 0 Å². The van der Waals surface area contributed by atoms with Gasteiger partial charge in [-0.05, 0) is 42.5 Å². The summed E-state index contributed by atoms with van der Waals surface area (Å²) in [6, 6.07) is 8.42. The van der Waals surface area contributed by atoms with E-state index in [1.54, 1.807) is 0 Å². The fraction of sp³-hybridized carbons (Fsp3) is 0.368. The van der Waals surface area contributed by atoms with E-state index >= 15 is 0 Å². The number of benzene rings is 1. The molecule has 0 atom stereocenters. The Morgan fingerprint density at radius 2 is 1.96 bits per heavy atom. The van der Waals surface area contributed by atoms with Gasteiger partial charge in [0.1, 0.15) is 10.5 Å². The van der Waals surface area contributed by atoms with Crippen LogP contribution < -0.4 is 10.5 Å². The molecule has 2 aromatic heterocycles. The van der Waals surface area contributed by atoms with Gasteiger partial charge in [0, 0.05) is 31.9 Å². The molecule has 4 rings (SSSR count). The van der Waals surface area contributed by atoms with E-state index in [1.165, 1.54) is 28.2 Å². The van der Waals surface area contributed by atoms with Crippen molar-refractivity contribution in [2.75, 3.05) is 31.1 Å². The van der Waals surface area contributed by atoms with E-state index in [2.05, 4.69) is 51.8 Å². The zero-order chi connectivity index (χ0) is 17.4. The molecule has 0 amide bonds. The zero-order valence-electron chi connectivity index (χ0n) is 14.6. The van der Waals surface area contributed by atoms with Gasteiger partial charge in [0.2, 0.25) is 0 Å². The number of hydrogen-bond donors (Lipinski definition) is 1. The summed E-state index contributed by atoms with van der Waals surface area (Å²) in [5, 5.41) is 1.92. The van der Waals surface area contributed by atoms with Crippen LogP contribution in [-0.2, 0) is 6.54 Å². The Morgan fingerprint density at radius 1 is 1.16 bits per heavy atom. The summed E-state index contributed by atoms with van der Waals surface area (Å²) in [6.07, 6.45) is 0. The first-order valence-electron chi connectivity index (χ1n) is 8.62. The molecule has 1 fully saturated rings. The molecule has 0 saturated carbocycles. The van der Waals surface area contributed by atoms with Crippen LogP contribution >= 0.6 is 11.3 Å². The second-order valence-corrected chi connectivity index (χ2v) is 7.55. The monoisotopic (exact) mass is 354 g/mol. The summed E-state index contributed by atoms with van der Waals surface area (Å²) in [5.41, 5.74) is 4.82. The Morgan fingerprint density at radius 3 is 2.76 bits per heavy atom. The Balaban J connectivity index is 1.45. The number of H-pyrrole nitrogens is 1. The van der Waals surface area contributed by atoms with Gasteiger partial charge in [-0.3, -0.25) is 9.69 Å². The largest absolute Gasteiger partial charge is 0.369 e. The Kier molecular flexibility index (Phi) is 4.31. The lowest BCUT2D eigenvalue weighted by atomic mass is 10.1. The highest BCUT2D eigenvalue weighted by Gasteiger charge is 2.19. The lowest BCUT2D eigenvalue weighted by molar-refractivity contribution is 0.244. The summed E-state index contributed by atoms with van der Waals surface area (Å²) in [6.45, 7) is 8.99. The van der Waals surface area contributed by atoms with Crippen LogP contribution in [-0.4, -0.2) is 41.0 Å². The predicted octanol–water partition coefficient (Wildman–Crippen LogP) is 2.92. The summed E-state index contributed by atoms with van der Waals surface area (Å²) in [7, 11) is 0. The van der Waals surface area contributed by atoms with Crippen LogP contribution in [0.2, 0.25) is 0 Å². The quantitative estimate of drug-likeness (QED) is 0.786. The van der Waals surface area contributed by atoms with E-state index in [-0.39, 0.29) is 5.56 Å². The SMILES string of the molecule is Cc1cccc(N2CCN(Cc3nc4ccsc4c(=O)[nH]3)CC2)c1C. The maximum atomic E-state index is 12.1. The standard InChI is InChI=1S/C19H22N4OS/c1-13-4-3-5-16(14(13)2)23-9-7-22(8-10-23)12-17-20-15-6-11-25-18(15)19(24)21-17/h3-6,11H,7-10,12H2,1-2H3,(H,20,21,24). The molecule has 0 unspecified atom stereocenters. The van der Waals surface area contributed by atoms with Crippen molar-refractivity contribution in [2.45, 2.75) is 20.4 Å². The number of aromatic amines is 1. The maximum absolute atomic E-state index is 12.1. The van der Waals surface area contributed by atoms with Crippen LogP contribution in [0.4, 0.5) is 5.69 Å². The lowest BCUT2D eigenvalue weighted by Crippen LogP contribution is -2.46. The molecule has 6 heteroatoms. The van der Waals surface area contributed by atoms with Gasteiger partial charge in [0.25, 0.3) is 5.56 Å². The number of aromatic nitrogens is 2. The normalized spacial score (nSPS) is 15.8. The maximum Gasteiger partial charge on any atom is 0.268 e. The van der Waals surface area contributed by atoms with E-state index in [0.717, 1.165) is 37.5 Å². The number of fused-ring (bicyclic) bond motifs is 1. The van der Waals surface area contributed by atoms with Gasteiger partial charge in [0.15, 0.2) is 0 Å². The zero-order valence-corrected chi connectivity index (χ0v) is 15.4. The molecule has 1 saturated heterocycles. The van der Waals surface area contributed by atoms with E-state index in [9.17, 15) is 4.79 Å². The van der Waals surface area contributed by atoms with Crippen molar-refractivity contribution in [3.63, 3.8) is 0 Å². The smallest absolute Gasteiger partial charge is 0.268 e. The van der Waals surface area contributed by atoms with E-state index in [4.69, 9.17) is 0 Å². The molecule has 3 aromatic rings. The minimum Gasteiger partial charge on any atom is -0.369 e. The summed E-state index contributed by atoms with van der Waals surface area (Å²) in [5.74, 6) is 0.760. The molecule has 5 nitrogen and oxygen atoms in total. The van der Waals surface area contributed by atoms with Gasteiger partial charge < -0.3 is 9.88 Å². The van der Waals surface area contributed by atoms with Crippen molar-refractivity contribution in [1.29, 1.82) is 0 Å². The van der Waals surface area contributed by atoms with Gasteiger partial charge in [0.05, 0.1) is 12.1 Å². The highest BCUT2D eigenvalue weighted by Crippen LogP contribution is 2.24. The molecule has 1 aliphatic rings. The summed E-state index contributed by atoms with van der Waals surface area (Å²) in [4.78, 5) is 24.4. The van der Waals surface area contributed by atoms with Gasteiger partial charge in [-0.2, -0.15) is 0 Å². The van der Waals surface area contributed by atoms with Gasteiger partial charge >= 0.3 is 0 Å². The fourth-order valence-corrected chi connectivity index (χ4v) is 4.16. The topological polar surface area (TPSA) is 52.2 Å². The minimum atomic E-state index is -0.0241. The van der Waals surface area contributed by atoms with Crippen LogP contribution in [0.25, 0.3) is 10.2 Å². The van der Waals surface area contributed by atoms with Crippen molar-refractivity contribution >= 4 is 27.2 Å². The first-order valence-corrected chi connectivity index (χ1v) is 9.50. The number of piperazine rings is 1. The molecular formula is C19H22N4OS. The third-order valence-corrected chi connectivity index (χ3v) is 5.93. The number of hydrogen-bond acceptors (Lipinski definition) is 5. The van der Waals surface area contributed by atoms with Crippen LogP contribution in [0, 0.1) is 13.8 Å². The average molecular weight is 354 g/mol. The number of nitrogens with zero attached hydrogens (tertiary/aromatic N) is 3. The van der Waals surface area contributed by atoms with E-state index in [0.29, 0.717) is 11.2 Å². The second-order valence-electron chi connectivity index (χ2n) is 6.63. The van der Waals surface area contributed by atoms with Gasteiger partial charge in [-0.25, -0.2) is 4.98 Å². The van der Waals surface area contributed by atoms with Crippen molar-refractivity contribution < 1.29 is 0 Å². The summed E-state index contributed by atoms with van der Waals surface area (Å²) < 4.78 is 0.712. The summed E-state index contributed by atoms with van der Waals surface area (Å²) >= 11 is 1.44. The Hall–Kier alpha value is -2.18. The first kappa shape index (κ1) is 16.3. The number of nitrogens with one attached hydrogen (secondary N) is 1. The molecule has 130 valence electrons. The molecule has 1 aromatic carbocycles. The minimum absolute atomic E-state index is 0.0241.